The molecule has 0 unspecified atom stereocenters. The van der Waals surface area contributed by atoms with Crippen LogP contribution in [0.25, 0.3) is 0 Å². The largest absolute Gasteiger partial charge is 0.323 e. The van der Waals surface area contributed by atoms with Gasteiger partial charge in [-0.05, 0) is 38.8 Å². The number of aryl methyl sites for hydroxylation is 3. The maximum absolute atomic E-state index is 5.27. The molecule has 0 saturated carbocycles. The van der Waals surface area contributed by atoms with Crippen LogP contribution in [-0.4, -0.2) is 5.71 Å². The third-order valence-corrected chi connectivity index (χ3v) is 2.23. The Morgan fingerprint density at radius 2 is 1.62 bits per heavy atom. The van der Waals surface area contributed by atoms with Gasteiger partial charge in [0.2, 0.25) is 0 Å². The number of benzene rings is 1. The van der Waals surface area contributed by atoms with Gasteiger partial charge in [0.1, 0.15) is 0 Å². The third-order valence-electron chi connectivity index (χ3n) is 2.23. The lowest BCUT2D eigenvalue weighted by molar-refractivity contribution is 1.21. The molecule has 2 N–H and O–H groups in total. The quantitative estimate of drug-likeness (QED) is 0.398. The van der Waals surface area contributed by atoms with Crippen molar-refractivity contribution in [2.75, 3.05) is 0 Å². The summed E-state index contributed by atoms with van der Waals surface area (Å²) < 4.78 is 0. The van der Waals surface area contributed by atoms with Crippen LogP contribution < -0.4 is 5.84 Å². The first-order valence-corrected chi connectivity index (χ1v) is 4.39. The van der Waals surface area contributed by atoms with Crippen LogP contribution in [0.1, 0.15) is 29.2 Å². The van der Waals surface area contributed by atoms with Crippen molar-refractivity contribution in [1.82, 2.24) is 0 Å². The van der Waals surface area contributed by atoms with E-state index in [9.17, 15) is 0 Å². The van der Waals surface area contributed by atoms with E-state index < -0.39 is 0 Å². The molecule has 0 amide bonds. The maximum atomic E-state index is 5.27. The van der Waals surface area contributed by atoms with Crippen LogP contribution in [-0.2, 0) is 0 Å². The Morgan fingerprint density at radius 1 is 1.15 bits per heavy atom. The van der Waals surface area contributed by atoms with Crippen LogP contribution >= 0.6 is 0 Å². The van der Waals surface area contributed by atoms with E-state index in [0.29, 0.717) is 0 Å². The summed E-state index contributed by atoms with van der Waals surface area (Å²) in [5, 5.41) is 3.73. The van der Waals surface area contributed by atoms with E-state index in [1.54, 1.807) is 0 Å². The minimum Gasteiger partial charge on any atom is -0.323 e. The predicted octanol–water partition coefficient (Wildman–Crippen LogP) is 2.29. The van der Waals surface area contributed by atoms with Crippen molar-refractivity contribution in [3.63, 3.8) is 0 Å². The lowest BCUT2D eigenvalue weighted by atomic mass is 9.97. The molecule has 1 rings (SSSR count). The summed E-state index contributed by atoms with van der Waals surface area (Å²) in [4.78, 5) is 0. The summed E-state index contributed by atoms with van der Waals surface area (Å²) in [6, 6.07) is 4.30. The second-order valence-corrected chi connectivity index (χ2v) is 3.49. The molecule has 1 aromatic rings. The van der Waals surface area contributed by atoms with Crippen LogP contribution in [0.4, 0.5) is 0 Å². The second kappa shape index (κ2) is 3.60. The summed E-state index contributed by atoms with van der Waals surface area (Å²) in [5.74, 6) is 5.27. The van der Waals surface area contributed by atoms with Gasteiger partial charge in [0, 0.05) is 5.56 Å². The average molecular weight is 176 g/mol. The van der Waals surface area contributed by atoms with Gasteiger partial charge in [0.15, 0.2) is 0 Å². The molecule has 0 heterocycles. The lowest BCUT2D eigenvalue weighted by Gasteiger charge is -2.09. The molecule has 2 heteroatoms. The van der Waals surface area contributed by atoms with Gasteiger partial charge < -0.3 is 5.84 Å². The van der Waals surface area contributed by atoms with Crippen molar-refractivity contribution in [2.45, 2.75) is 27.7 Å². The van der Waals surface area contributed by atoms with Crippen molar-refractivity contribution in [3.05, 3.63) is 34.4 Å². The minimum absolute atomic E-state index is 0.898. The molecule has 1 aromatic carbocycles. The molecular weight excluding hydrogens is 160 g/mol. The second-order valence-electron chi connectivity index (χ2n) is 3.49. The number of hydrazone groups is 1. The van der Waals surface area contributed by atoms with Gasteiger partial charge in [0.05, 0.1) is 5.71 Å². The van der Waals surface area contributed by atoms with Gasteiger partial charge >= 0.3 is 0 Å². The van der Waals surface area contributed by atoms with E-state index >= 15 is 0 Å². The van der Waals surface area contributed by atoms with Crippen LogP contribution in [0.3, 0.4) is 0 Å². The minimum atomic E-state index is 0.898. The van der Waals surface area contributed by atoms with E-state index in [4.69, 9.17) is 5.84 Å². The number of nitrogens with zero attached hydrogens (tertiary/aromatic N) is 1. The van der Waals surface area contributed by atoms with Crippen molar-refractivity contribution in [1.29, 1.82) is 0 Å². The molecule has 0 radical (unpaired) electrons. The molecule has 0 saturated heterocycles. The lowest BCUT2D eigenvalue weighted by Crippen LogP contribution is -2.04. The number of rotatable bonds is 1. The normalized spacial score (nSPS) is 11.8. The Hall–Kier alpha value is -1.31. The highest BCUT2D eigenvalue weighted by molar-refractivity contribution is 6.01. The molecular formula is C11H16N2. The third kappa shape index (κ3) is 1.89. The van der Waals surface area contributed by atoms with Crippen molar-refractivity contribution >= 4 is 5.71 Å². The van der Waals surface area contributed by atoms with Crippen LogP contribution in [0, 0.1) is 20.8 Å². The van der Waals surface area contributed by atoms with E-state index in [1.807, 2.05) is 6.92 Å². The molecule has 0 atom stereocenters. The highest BCUT2D eigenvalue weighted by Gasteiger charge is 2.05. The fourth-order valence-electron chi connectivity index (χ4n) is 1.82. The van der Waals surface area contributed by atoms with E-state index in [1.165, 1.54) is 22.3 Å². The van der Waals surface area contributed by atoms with E-state index in [0.717, 1.165) is 5.71 Å². The average Bonchev–Trinajstić information content (AvgIpc) is 2.02. The number of hydrogen-bond donors (Lipinski definition) is 1. The Balaban J connectivity index is 3.37. The molecule has 0 spiro atoms. The molecule has 0 bridgehead atoms. The highest BCUT2D eigenvalue weighted by Crippen LogP contribution is 2.16. The molecule has 2 nitrogen and oxygen atoms in total. The van der Waals surface area contributed by atoms with Gasteiger partial charge in [-0.2, -0.15) is 5.10 Å². The Morgan fingerprint density at radius 3 is 2.00 bits per heavy atom. The van der Waals surface area contributed by atoms with Gasteiger partial charge in [-0.1, -0.05) is 17.7 Å². The zero-order valence-corrected chi connectivity index (χ0v) is 8.68. The summed E-state index contributed by atoms with van der Waals surface area (Å²) in [5.41, 5.74) is 5.83. The summed E-state index contributed by atoms with van der Waals surface area (Å²) in [6.07, 6.45) is 0. The first-order chi connectivity index (χ1) is 6.06. The van der Waals surface area contributed by atoms with Crippen molar-refractivity contribution < 1.29 is 0 Å². The fraction of sp³-hybridized carbons (Fsp3) is 0.364. The molecule has 0 aliphatic carbocycles. The van der Waals surface area contributed by atoms with Crippen LogP contribution in [0.2, 0.25) is 0 Å². The summed E-state index contributed by atoms with van der Waals surface area (Å²) in [7, 11) is 0. The van der Waals surface area contributed by atoms with Crippen LogP contribution in [0.5, 0.6) is 0 Å². The molecule has 70 valence electrons. The topological polar surface area (TPSA) is 38.4 Å². The predicted molar refractivity (Wildman–Crippen MR) is 57.1 cm³/mol. The molecule has 0 aromatic heterocycles. The Labute approximate surface area is 79.5 Å². The Bertz CT molecular complexity index is 328. The molecule has 13 heavy (non-hydrogen) atoms. The van der Waals surface area contributed by atoms with Gasteiger partial charge in [-0.25, -0.2) is 0 Å². The van der Waals surface area contributed by atoms with E-state index in [2.05, 4.69) is 38.0 Å². The SMILES string of the molecule is C/C(=N\N)c1c(C)cc(C)cc1C. The van der Waals surface area contributed by atoms with Gasteiger partial charge in [0.25, 0.3) is 0 Å². The van der Waals surface area contributed by atoms with Gasteiger partial charge in [-0.3, -0.25) is 0 Å². The molecule has 0 aliphatic heterocycles. The number of hydrogen-bond acceptors (Lipinski definition) is 2. The first kappa shape index (κ1) is 9.78. The van der Waals surface area contributed by atoms with Crippen molar-refractivity contribution in [2.24, 2.45) is 10.9 Å². The molecule has 0 fully saturated rings. The maximum Gasteiger partial charge on any atom is 0.0647 e. The monoisotopic (exact) mass is 176 g/mol. The standard InChI is InChI=1S/C11H16N2/c1-7-5-8(2)11(9(3)6-7)10(4)13-12/h5-6H,12H2,1-4H3/b13-10+. The van der Waals surface area contributed by atoms with Crippen molar-refractivity contribution in [3.8, 4) is 0 Å². The molecule has 0 aliphatic rings. The Kier molecular flexibility index (Phi) is 2.71. The van der Waals surface area contributed by atoms with Crippen LogP contribution in [0.15, 0.2) is 17.2 Å². The summed E-state index contributed by atoms with van der Waals surface area (Å²) >= 11 is 0. The number of nitrogens with two attached hydrogens (primary N) is 1. The smallest absolute Gasteiger partial charge is 0.0647 e. The fourth-order valence-corrected chi connectivity index (χ4v) is 1.82. The zero-order chi connectivity index (χ0) is 10.0. The van der Waals surface area contributed by atoms with E-state index in [-0.39, 0.29) is 0 Å². The summed E-state index contributed by atoms with van der Waals surface area (Å²) in [6.45, 7) is 8.21. The highest BCUT2D eigenvalue weighted by atomic mass is 15.1. The first-order valence-electron chi connectivity index (χ1n) is 4.39. The zero-order valence-electron chi connectivity index (χ0n) is 8.68. The van der Waals surface area contributed by atoms with Gasteiger partial charge in [-0.15, -0.1) is 0 Å².